The largest absolute Gasteiger partial charge is 0.469 e. The Morgan fingerprint density at radius 3 is 2.54 bits per heavy atom. The smallest absolute Gasteiger partial charge is 0.308 e. The van der Waals surface area contributed by atoms with E-state index in [4.69, 9.17) is 0 Å². The Balaban J connectivity index is 2.45. The van der Waals surface area contributed by atoms with Gasteiger partial charge in [-0.15, -0.1) is 0 Å². The second-order valence-electron chi connectivity index (χ2n) is 3.87. The van der Waals surface area contributed by atoms with Gasteiger partial charge in [-0.2, -0.15) is 0 Å². The molecule has 0 heterocycles. The van der Waals surface area contributed by atoms with Gasteiger partial charge in [0.05, 0.1) is 19.6 Å². The molecule has 1 aliphatic rings. The minimum atomic E-state index is -0.515. The van der Waals surface area contributed by atoms with Crippen molar-refractivity contribution in [3.8, 4) is 0 Å². The van der Waals surface area contributed by atoms with E-state index >= 15 is 0 Å². The molecule has 0 saturated heterocycles. The number of esters is 1. The number of carbonyl (C=O) groups is 1. The normalized spacial score (nSPS) is 21.8. The maximum atomic E-state index is 10.9. The van der Waals surface area contributed by atoms with Crippen LogP contribution in [0.4, 0.5) is 0 Å². The minimum absolute atomic E-state index is 0.00813. The summed E-state index contributed by atoms with van der Waals surface area (Å²) in [5, 5.41) is 9.82. The van der Waals surface area contributed by atoms with Crippen molar-refractivity contribution < 1.29 is 14.6 Å². The zero-order chi connectivity index (χ0) is 9.90. The van der Waals surface area contributed by atoms with Crippen LogP contribution >= 0.6 is 0 Å². The number of hydrogen-bond acceptors (Lipinski definition) is 3. The van der Waals surface area contributed by atoms with Crippen molar-refractivity contribution in [3.63, 3.8) is 0 Å². The molecule has 3 nitrogen and oxygen atoms in total. The zero-order valence-corrected chi connectivity index (χ0v) is 8.38. The molecule has 1 atom stereocenters. The van der Waals surface area contributed by atoms with Crippen LogP contribution in [-0.4, -0.2) is 24.3 Å². The highest BCUT2D eigenvalue weighted by Crippen LogP contribution is 2.47. The summed E-state index contributed by atoms with van der Waals surface area (Å²) in [6.07, 6.45) is 3.84. The van der Waals surface area contributed by atoms with E-state index in [0.717, 1.165) is 19.3 Å². The lowest BCUT2D eigenvalue weighted by Crippen LogP contribution is -2.42. The van der Waals surface area contributed by atoms with E-state index in [1.54, 1.807) is 0 Å². The molecule has 1 fully saturated rings. The van der Waals surface area contributed by atoms with Crippen molar-refractivity contribution in [2.24, 2.45) is 5.41 Å². The first-order valence-electron chi connectivity index (χ1n) is 4.89. The summed E-state index contributed by atoms with van der Waals surface area (Å²) < 4.78 is 4.53. The third-order valence-electron chi connectivity index (χ3n) is 3.35. The molecule has 0 aromatic heterocycles. The number of aliphatic hydroxyl groups is 1. The molecule has 76 valence electrons. The van der Waals surface area contributed by atoms with Crippen molar-refractivity contribution in [1.82, 2.24) is 0 Å². The SMILES string of the molecule is CCC1([C@@H](O)CC(=O)OC)CCC1. The summed E-state index contributed by atoms with van der Waals surface area (Å²) >= 11 is 0. The highest BCUT2D eigenvalue weighted by Gasteiger charge is 2.42. The zero-order valence-electron chi connectivity index (χ0n) is 8.38. The van der Waals surface area contributed by atoms with Crippen molar-refractivity contribution >= 4 is 5.97 Å². The van der Waals surface area contributed by atoms with Crippen molar-refractivity contribution in [2.75, 3.05) is 7.11 Å². The van der Waals surface area contributed by atoms with Crippen LogP contribution in [0.15, 0.2) is 0 Å². The summed E-state index contributed by atoms with van der Waals surface area (Å²) in [4.78, 5) is 10.9. The monoisotopic (exact) mass is 186 g/mol. The van der Waals surface area contributed by atoms with Gasteiger partial charge in [-0.1, -0.05) is 13.3 Å². The van der Waals surface area contributed by atoms with Crippen molar-refractivity contribution in [2.45, 2.75) is 45.1 Å². The highest BCUT2D eigenvalue weighted by molar-refractivity contribution is 5.69. The molecule has 0 amide bonds. The lowest BCUT2D eigenvalue weighted by Gasteiger charge is -2.44. The maximum absolute atomic E-state index is 10.9. The van der Waals surface area contributed by atoms with Gasteiger partial charge < -0.3 is 9.84 Å². The highest BCUT2D eigenvalue weighted by atomic mass is 16.5. The van der Waals surface area contributed by atoms with Gasteiger partial charge >= 0.3 is 5.97 Å². The van der Waals surface area contributed by atoms with Gasteiger partial charge in [0.1, 0.15) is 0 Å². The van der Waals surface area contributed by atoms with Gasteiger partial charge in [-0.25, -0.2) is 0 Å². The number of carbonyl (C=O) groups excluding carboxylic acids is 1. The molecule has 0 aromatic carbocycles. The van der Waals surface area contributed by atoms with Gasteiger partial charge in [-0.05, 0) is 24.7 Å². The van der Waals surface area contributed by atoms with E-state index in [9.17, 15) is 9.90 Å². The Bertz CT molecular complexity index is 179. The number of aliphatic hydroxyl groups excluding tert-OH is 1. The first-order chi connectivity index (χ1) is 6.14. The molecule has 3 heteroatoms. The standard InChI is InChI=1S/C10H18O3/c1-3-10(5-4-6-10)8(11)7-9(12)13-2/h8,11H,3-7H2,1-2H3/t8-/m0/s1. The molecule has 1 N–H and O–H groups in total. The first kappa shape index (κ1) is 10.5. The predicted octanol–water partition coefficient (Wildman–Crippen LogP) is 1.49. The van der Waals surface area contributed by atoms with Gasteiger partial charge in [0.15, 0.2) is 0 Å². The topological polar surface area (TPSA) is 46.5 Å². The summed E-state index contributed by atoms with van der Waals surface area (Å²) in [5.74, 6) is -0.313. The van der Waals surface area contributed by atoms with Crippen LogP contribution < -0.4 is 0 Å². The predicted molar refractivity (Wildman–Crippen MR) is 49.2 cm³/mol. The number of rotatable bonds is 4. The molecule has 0 aromatic rings. The van der Waals surface area contributed by atoms with Crippen LogP contribution in [0.5, 0.6) is 0 Å². The summed E-state index contributed by atoms with van der Waals surface area (Å²) in [5.41, 5.74) is 0.00813. The summed E-state index contributed by atoms with van der Waals surface area (Å²) in [7, 11) is 1.36. The van der Waals surface area contributed by atoms with E-state index in [2.05, 4.69) is 11.7 Å². The molecule has 0 aliphatic heterocycles. The van der Waals surface area contributed by atoms with Crippen LogP contribution in [0.3, 0.4) is 0 Å². The summed E-state index contributed by atoms with van der Waals surface area (Å²) in [6, 6.07) is 0. The maximum Gasteiger partial charge on any atom is 0.308 e. The van der Waals surface area contributed by atoms with Crippen LogP contribution in [0.2, 0.25) is 0 Å². The third kappa shape index (κ3) is 2.02. The van der Waals surface area contributed by atoms with Gasteiger partial charge in [-0.3, -0.25) is 4.79 Å². The molecule has 0 spiro atoms. The van der Waals surface area contributed by atoms with E-state index in [0.29, 0.717) is 0 Å². The second kappa shape index (κ2) is 4.09. The number of methoxy groups -OCH3 is 1. The van der Waals surface area contributed by atoms with Crippen LogP contribution in [0, 0.1) is 5.41 Å². The average Bonchev–Trinajstić information content (AvgIpc) is 2.03. The van der Waals surface area contributed by atoms with E-state index in [-0.39, 0.29) is 17.8 Å². The second-order valence-corrected chi connectivity index (χ2v) is 3.87. The number of ether oxygens (including phenoxy) is 1. The molecular formula is C10H18O3. The quantitative estimate of drug-likeness (QED) is 0.677. The fourth-order valence-corrected chi connectivity index (χ4v) is 2.01. The van der Waals surface area contributed by atoms with Crippen molar-refractivity contribution in [1.29, 1.82) is 0 Å². The average molecular weight is 186 g/mol. The third-order valence-corrected chi connectivity index (χ3v) is 3.35. The first-order valence-corrected chi connectivity index (χ1v) is 4.89. The Morgan fingerprint density at radius 2 is 2.23 bits per heavy atom. The summed E-state index contributed by atoms with van der Waals surface area (Å²) in [6.45, 7) is 2.07. The Morgan fingerprint density at radius 1 is 1.62 bits per heavy atom. The number of hydrogen-bond donors (Lipinski definition) is 1. The van der Waals surface area contributed by atoms with Gasteiger partial charge in [0, 0.05) is 0 Å². The Hall–Kier alpha value is -0.570. The lowest BCUT2D eigenvalue weighted by atomic mass is 9.63. The molecule has 13 heavy (non-hydrogen) atoms. The minimum Gasteiger partial charge on any atom is -0.469 e. The molecule has 1 saturated carbocycles. The van der Waals surface area contributed by atoms with Crippen LogP contribution in [0.1, 0.15) is 39.0 Å². The molecule has 0 bridgehead atoms. The van der Waals surface area contributed by atoms with E-state index in [1.165, 1.54) is 13.5 Å². The lowest BCUT2D eigenvalue weighted by molar-refractivity contribution is -0.147. The molecule has 0 radical (unpaired) electrons. The molecular weight excluding hydrogens is 168 g/mol. The van der Waals surface area contributed by atoms with Gasteiger partial charge in [0.25, 0.3) is 0 Å². The Kier molecular flexibility index (Phi) is 3.31. The van der Waals surface area contributed by atoms with Crippen LogP contribution in [-0.2, 0) is 9.53 Å². The molecule has 1 rings (SSSR count). The molecule has 0 unspecified atom stereocenters. The van der Waals surface area contributed by atoms with Crippen molar-refractivity contribution in [3.05, 3.63) is 0 Å². The van der Waals surface area contributed by atoms with E-state index < -0.39 is 6.10 Å². The van der Waals surface area contributed by atoms with Gasteiger partial charge in [0.2, 0.25) is 0 Å². The fourth-order valence-electron chi connectivity index (χ4n) is 2.01. The Labute approximate surface area is 79.1 Å². The fraction of sp³-hybridized carbons (Fsp3) is 0.900. The molecule has 1 aliphatic carbocycles. The van der Waals surface area contributed by atoms with E-state index in [1.807, 2.05) is 0 Å². The van der Waals surface area contributed by atoms with Crippen LogP contribution in [0.25, 0.3) is 0 Å².